The largest absolute Gasteiger partial charge is 1.00 e. The van der Waals surface area contributed by atoms with E-state index >= 15 is 0 Å². The van der Waals surface area contributed by atoms with Crippen molar-refractivity contribution in [1.29, 1.82) is 0 Å². The fraction of sp³-hybridized carbons (Fsp3) is 0.125. The van der Waals surface area contributed by atoms with Crippen LogP contribution < -0.4 is 64.4 Å². The van der Waals surface area contributed by atoms with Gasteiger partial charge in [-0.25, -0.2) is 4.79 Å². The van der Waals surface area contributed by atoms with Crippen molar-refractivity contribution >= 4 is 29.0 Å². The molecule has 0 fully saturated rings. The molecule has 0 amide bonds. The minimum absolute atomic E-state index is 0. The van der Waals surface area contributed by atoms with E-state index in [1.165, 1.54) is 0 Å². The first-order valence-corrected chi connectivity index (χ1v) is 7.15. The van der Waals surface area contributed by atoms with Crippen LogP contribution in [0, 0.1) is 0 Å². The fourth-order valence-corrected chi connectivity index (χ4v) is 2.60. The summed E-state index contributed by atoms with van der Waals surface area (Å²) in [5.41, 5.74) is 1.76. The molecule has 9 heteroatoms. The maximum Gasteiger partial charge on any atom is 1.00 e. The number of benzodiazepines with no additional fused rings is 1. The number of hydrogen-bond donors (Lipinski definition) is 4. The Bertz CT molecular complexity index is 810. The predicted molar refractivity (Wildman–Crippen MR) is 88.0 cm³/mol. The second kappa shape index (κ2) is 8.99. The summed E-state index contributed by atoms with van der Waals surface area (Å²) in [6.45, 7) is 0. The molecule has 25 heavy (non-hydrogen) atoms. The van der Waals surface area contributed by atoms with E-state index in [1.807, 2.05) is 6.07 Å². The zero-order valence-electron chi connectivity index (χ0n) is 15.8. The van der Waals surface area contributed by atoms with Crippen molar-refractivity contribution in [2.75, 3.05) is 5.32 Å². The monoisotopic (exact) mass is 380 g/mol. The van der Waals surface area contributed by atoms with E-state index in [-0.39, 0.29) is 62.0 Å². The van der Waals surface area contributed by atoms with E-state index < -0.39 is 17.9 Å². The van der Waals surface area contributed by atoms with Gasteiger partial charge >= 0.3 is 65.1 Å². The Hall–Kier alpha value is -0.410. The van der Waals surface area contributed by atoms with Crippen molar-refractivity contribution in [1.82, 2.24) is 0 Å². The van der Waals surface area contributed by atoms with Crippen LogP contribution in [0.1, 0.15) is 14.0 Å². The molecule has 1 heterocycles. The number of aliphatic hydroxyl groups is 2. The fourth-order valence-electron chi connectivity index (χ4n) is 2.43. The maximum atomic E-state index is 11.4. The number of fused-ring (bicyclic) bond motifs is 1. The van der Waals surface area contributed by atoms with Crippen LogP contribution in [0.25, 0.3) is 0 Å². The molecule has 1 aliphatic heterocycles. The molecule has 0 aromatic heterocycles. The van der Waals surface area contributed by atoms with Crippen LogP contribution in [0.3, 0.4) is 0 Å². The van der Waals surface area contributed by atoms with Crippen LogP contribution in [-0.4, -0.2) is 39.0 Å². The number of hydrogen-bond acceptors (Lipinski definition) is 5. The van der Waals surface area contributed by atoms with Crippen LogP contribution in [0.15, 0.2) is 53.5 Å². The second-order valence-corrected chi connectivity index (χ2v) is 5.56. The summed E-state index contributed by atoms with van der Waals surface area (Å²) < 4.78 is 0. The van der Waals surface area contributed by atoms with E-state index in [9.17, 15) is 20.1 Å². The summed E-state index contributed by atoms with van der Waals surface area (Å²) in [4.78, 5) is 15.5. The van der Waals surface area contributed by atoms with Gasteiger partial charge in [0, 0.05) is 21.8 Å². The number of benzene rings is 2. The first-order chi connectivity index (χ1) is 10.9. The zero-order valence-corrected chi connectivity index (χ0v) is 18.5. The predicted octanol–water partition coefficient (Wildman–Crippen LogP) is -4.07. The molecule has 2 aromatic carbocycles. The van der Waals surface area contributed by atoms with Crippen LogP contribution >= 0.6 is 11.6 Å². The molecule has 0 spiro atoms. The topological polar surface area (TPSA) is 102 Å². The van der Waals surface area contributed by atoms with Crippen LogP contribution in [0.4, 0.5) is 5.69 Å². The maximum absolute atomic E-state index is 11.4. The van der Waals surface area contributed by atoms with Gasteiger partial charge in [0.25, 0.3) is 5.91 Å². The van der Waals surface area contributed by atoms with Gasteiger partial charge in [0.15, 0.2) is 0 Å². The van der Waals surface area contributed by atoms with Crippen molar-refractivity contribution in [3.8, 4) is 0 Å². The van der Waals surface area contributed by atoms with Crippen molar-refractivity contribution in [2.24, 2.45) is 4.99 Å². The molecule has 0 radical (unpaired) electrons. The molecule has 122 valence electrons. The molecule has 3 rings (SSSR count). The number of halogens is 1. The van der Waals surface area contributed by atoms with Gasteiger partial charge in [0.2, 0.25) is 6.04 Å². The standard InChI is InChI=1S/C16H13ClN2O4.2Na.2H/c17-10-6-7-12-11(8-10)13(9-4-2-1-3-5-9)18-14(15(20)21)16(22,23)19-12;;;;/h1-8,14,19,22-23H,(H,20,21);;;;/q;2*+1;2*-1. The van der Waals surface area contributed by atoms with Gasteiger partial charge in [-0.05, 0) is 18.2 Å². The first-order valence-electron chi connectivity index (χ1n) is 6.77. The van der Waals surface area contributed by atoms with Crippen molar-refractivity contribution in [2.45, 2.75) is 12.0 Å². The summed E-state index contributed by atoms with van der Waals surface area (Å²) in [6.07, 6.45) is 0. The second-order valence-electron chi connectivity index (χ2n) is 5.13. The Morgan fingerprint density at radius 1 is 1.16 bits per heavy atom. The summed E-state index contributed by atoms with van der Waals surface area (Å²) >= 11 is 6.03. The van der Waals surface area contributed by atoms with E-state index in [0.29, 0.717) is 27.5 Å². The molecular weight excluding hydrogens is 366 g/mol. The Morgan fingerprint density at radius 3 is 2.40 bits per heavy atom. The van der Waals surface area contributed by atoms with E-state index in [2.05, 4.69) is 10.3 Å². The molecule has 6 nitrogen and oxygen atoms in total. The molecular formula is C16H15ClN2Na2O4. The van der Waals surface area contributed by atoms with Gasteiger partial charge in [-0.2, -0.15) is 0 Å². The van der Waals surface area contributed by atoms with Gasteiger partial charge < -0.3 is 23.5 Å². The van der Waals surface area contributed by atoms with Gasteiger partial charge in [-0.3, -0.25) is 4.99 Å². The van der Waals surface area contributed by atoms with E-state index in [0.717, 1.165) is 0 Å². The summed E-state index contributed by atoms with van der Waals surface area (Å²) in [5.74, 6) is -4.19. The Balaban J connectivity index is 0. The number of nitrogens with one attached hydrogen (secondary N) is 1. The number of nitrogens with zero attached hydrogens (tertiary/aromatic N) is 1. The zero-order chi connectivity index (χ0) is 16.6. The Morgan fingerprint density at radius 2 is 1.80 bits per heavy atom. The number of carboxylic acids is 1. The smallest absolute Gasteiger partial charge is 1.00 e. The van der Waals surface area contributed by atoms with Crippen LogP contribution in [0.2, 0.25) is 5.02 Å². The third-order valence-corrected chi connectivity index (χ3v) is 3.71. The number of carbonyl (C=O) groups is 1. The van der Waals surface area contributed by atoms with Gasteiger partial charge in [-0.1, -0.05) is 41.9 Å². The minimum Gasteiger partial charge on any atom is -1.00 e. The average molecular weight is 381 g/mol. The Kier molecular flexibility index (Phi) is 8.14. The Labute approximate surface area is 196 Å². The van der Waals surface area contributed by atoms with Gasteiger partial charge in [0.05, 0.1) is 5.71 Å². The normalized spacial score (nSPS) is 17.6. The first kappa shape index (κ1) is 22.6. The number of rotatable bonds is 2. The molecule has 0 saturated carbocycles. The molecule has 1 unspecified atom stereocenters. The van der Waals surface area contributed by atoms with E-state index in [4.69, 9.17) is 11.6 Å². The molecule has 0 saturated heterocycles. The van der Waals surface area contributed by atoms with Crippen LogP contribution in [0.5, 0.6) is 0 Å². The minimum atomic E-state index is -2.73. The summed E-state index contributed by atoms with van der Waals surface area (Å²) in [5, 5.41) is 32.3. The molecule has 0 aliphatic carbocycles. The third-order valence-electron chi connectivity index (χ3n) is 3.48. The third kappa shape index (κ3) is 4.86. The molecule has 1 atom stereocenters. The van der Waals surface area contributed by atoms with Crippen molar-refractivity contribution in [3.05, 3.63) is 64.7 Å². The molecule has 2 aromatic rings. The SMILES string of the molecule is O=C(O)C1N=C(c2ccccc2)c2cc(Cl)ccc2NC1(O)O.[H-].[H-].[Na+].[Na+]. The van der Waals surface area contributed by atoms with E-state index in [1.54, 1.807) is 42.5 Å². The molecule has 1 aliphatic rings. The van der Waals surface area contributed by atoms with Gasteiger partial charge in [-0.15, -0.1) is 0 Å². The van der Waals surface area contributed by atoms with Gasteiger partial charge in [0.1, 0.15) is 0 Å². The summed E-state index contributed by atoms with van der Waals surface area (Å²) in [6, 6.07) is 11.8. The molecule has 0 bridgehead atoms. The van der Waals surface area contributed by atoms with Crippen molar-refractivity contribution < 1.29 is 82.1 Å². The molecule has 4 N–H and O–H groups in total. The average Bonchev–Trinajstić information content (AvgIpc) is 2.61. The van der Waals surface area contributed by atoms with Crippen molar-refractivity contribution in [3.63, 3.8) is 0 Å². The quantitative estimate of drug-likeness (QED) is 0.314. The van der Waals surface area contributed by atoms with Crippen LogP contribution in [-0.2, 0) is 4.79 Å². The number of anilines is 1. The number of aliphatic carboxylic acids is 1. The number of aliphatic imine (C=N–C) groups is 1. The number of carboxylic acid groups (broad SMARTS) is 1. The summed E-state index contributed by atoms with van der Waals surface area (Å²) in [7, 11) is 0.